The standard InChI is InChI=1S/C17H20O3S/c1-20-17(19)16-13(10-11-15(16)18)7-5-6-12-21-14-8-3-2-4-9-14/h2-6,8-9,13,16H,7,10-12H2,1H3/b6-5+. The first kappa shape index (κ1) is 15.8. The van der Waals surface area contributed by atoms with Gasteiger partial charge in [0.25, 0.3) is 0 Å². The largest absolute Gasteiger partial charge is 0.468 e. The Hall–Kier alpha value is -1.55. The summed E-state index contributed by atoms with van der Waals surface area (Å²) in [4.78, 5) is 24.6. The number of ketones is 1. The maximum absolute atomic E-state index is 11.7. The minimum Gasteiger partial charge on any atom is -0.468 e. The zero-order valence-electron chi connectivity index (χ0n) is 12.2. The summed E-state index contributed by atoms with van der Waals surface area (Å²) in [5.74, 6) is 0.0888. The Bertz CT molecular complexity index is 510. The number of esters is 1. The van der Waals surface area contributed by atoms with Crippen LogP contribution < -0.4 is 0 Å². The Labute approximate surface area is 129 Å². The molecule has 0 radical (unpaired) electrons. The van der Waals surface area contributed by atoms with E-state index in [2.05, 4.69) is 24.3 Å². The summed E-state index contributed by atoms with van der Waals surface area (Å²) in [5, 5.41) is 0. The molecule has 0 heterocycles. The van der Waals surface area contributed by atoms with Gasteiger partial charge in [-0.05, 0) is 30.9 Å². The maximum Gasteiger partial charge on any atom is 0.316 e. The van der Waals surface area contributed by atoms with Crippen LogP contribution in [0.2, 0.25) is 0 Å². The summed E-state index contributed by atoms with van der Waals surface area (Å²) < 4.78 is 4.73. The molecule has 1 aliphatic rings. The van der Waals surface area contributed by atoms with Gasteiger partial charge in [0.2, 0.25) is 0 Å². The van der Waals surface area contributed by atoms with E-state index in [9.17, 15) is 9.59 Å². The van der Waals surface area contributed by atoms with E-state index >= 15 is 0 Å². The highest BCUT2D eigenvalue weighted by Crippen LogP contribution is 2.32. The van der Waals surface area contributed by atoms with Gasteiger partial charge >= 0.3 is 5.97 Å². The van der Waals surface area contributed by atoms with Gasteiger partial charge in [0.15, 0.2) is 0 Å². The minimum absolute atomic E-state index is 0.0268. The number of carbonyl (C=O) groups excluding carboxylic acids is 2. The van der Waals surface area contributed by atoms with Crippen molar-refractivity contribution in [3.63, 3.8) is 0 Å². The predicted octanol–water partition coefficient (Wildman–Crippen LogP) is 3.49. The average molecular weight is 304 g/mol. The van der Waals surface area contributed by atoms with Crippen LogP contribution in [0.25, 0.3) is 0 Å². The molecule has 1 aliphatic carbocycles. The fraction of sp³-hybridized carbons (Fsp3) is 0.412. The van der Waals surface area contributed by atoms with Crippen molar-refractivity contribution in [3.8, 4) is 0 Å². The molecule has 1 aromatic rings. The molecule has 2 atom stereocenters. The Morgan fingerprint density at radius 1 is 1.33 bits per heavy atom. The van der Waals surface area contributed by atoms with Gasteiger partial charge in [0, 0.05) is 17.1 Å². The zero-order valence-corrected chi connectivity index (χ0v) is 13.0. The van der Waals surface area contributed by atoms with Crippen molar-refractivity contribution < 1.29 is 14.3 Å². The number of methoxy groups -OCH3 is 1. The first-order valence-electron chi connectivity index (χ1n) is 7.15. The molecule has 0 spiro atoms. The molecule has 0 aromatic heterocycles. The van der Waals surface area contributed by atoms with Gasteiger partial charge in [0.05, 0.1) is 7.11 Å². The second-order valence-electron chi connectivity index (χ2n) is 5.10. The third kappa shape index (κ3) is 4.46. The number of Topliss-reactive ketones (excluding diaryl/α,β-unsaturated/α-hetero) is 1. The molecule has 4 heteroatoms. The number of benzene rings is 1. The van der Waals surface area contributed by atoms with Crippen LogP contribution in [0.15, 0.2) is 47.4 Å². The van der Waals surface area contributed by atoms with Crippen molar-refractivity contribution in [3.05, 3.63) is 42.5 Å². The Balaban J connectivity index is 1.78. The van der Waals surface area contributed by atoms with E-state index in [-0.39, 0.29) is 17.7 Å². The lowest BCUT2D eigenvalue weighted by Crippen LogP contribution is -2.25. The Morgan fingerprint density at radius 3 is 2.81 bits per heavy atom. The van der Waals surface area contributed by atoms with Gasteiger partial charge in [-0.15, -0.1) is 11.8 Å². The van der Waals surface area contributed by atoms with E-state index in [1.807, 2.05) is 18.2 Å². The highest BCUT2D eigenvalue weighted by atomic mass is 32.2. The second-order valence-corrected chi connectivity index (χ2v) is 6.19. The Morgan fingerprint density at radius 2 is 2.10 bits per heavy atom. The highest BCUT2D eigenvalue weighted by Gasteiger charge is 2.39. The number of hydrogen-bond acceptors (Lipinski definition) is 4. The van der Waals surface area contributed by atoms with E-state index in [0.29, 0.717) is 6.42 Å². The molecule has 3 nitrogen and oxygen atoms in total. The van der Waals surface area contributed by atoms with Crippen LogP contribution in [-0.4, -0.2) is 24.6 Å². The Kier molecular flexibility index (Phi) is 6.05. The fourth-order valence-electron chi connectivity index (χ4n) is 2.62. The lowest BCUT2D eigenvalue weighted by Gasteiger charge is -2.13. The summed E-state index contributed by atoms with van der Waals surface area (Å²) in [6, 6.07) is 10.2. The molecule has 0 amide bonds. The average Bonchev–Trinajstić information content (AvgIpc) is 2.88. The minimum atomic E-state index is -0.554. The van der Waals surface area contributed by atoms with Gasteiger partial charge < -0.3 is 4.74 Å². The molecule has 2 unspecified atom stereocenters. The first-order chi connectivity index (χ1) is 10.2. The van der Waals surface area contributed by atoms with Crippen LogP contribution in [-0.2, 0) is 14.3 Å². The van der Waals surface area contributed by atoms with Crippen molar-refractivity contribution in [1.82, 2.24) is 0 Å². The highest BCUT2D eigenvalue weighted by molar-refractivity contribution is 7.99. The SMILES string of the molecule is COC(=O)C1C(=O)CCC1C/C=C/CSc1ccccc1. The molecule has 0 N–H and O–H groups in total. The molecule has 2 rings (SSSR count). The number of thioether (sulfide) groups is 1. The summed E-state index contributed by atoms with van der Waals surface area (Å²) in [6.45, 7) is 0. The molecule has 0 aliphatic heterocycles. The van der Waals surface area contributed by atoms with Crippen LogP contribution in [0, 0.1) is 11.8 Å². The number of ether oxygens (including phenoxy) is 1. The van der Waals surface area contributed by atoms with Crippen LogP contribution in [0.1, 0.15) is 19.3 Å². The monoisotopic (exact) mass is 304 g/mol. The zero-order chi connectivity index (χ0) is 15.1. The molecule has 1 fully saturated rings. The van der Waals surface area contributed by atoms with Crippen molar-refractivity contribution >= 4 is 23.5 Å². The lowest BCUT2D eigenvalue weighted by molar-refractivity contribution is -0.149. The molecule has 1 aromatic carbocycles. The van der Waals surface area contributed by atoms with Gasteiger partial charge in [-0.3, -0.25) is 9.59 Å². The fourth-order valence-corrected chi connectivity index (χ4v) is 3.39. The van der Waals surface area contributed by atoms with Crippen molar-refractivity contribution in [1.29, 1.82) is 0 Å². The summed E-state index contributed by atoms with van der Waals surface area (Å²) in [7, 11) is 1.34. The molecule has 112 valence electrons. The molecular formula is C17H20O3S. The van der Waals surface area contributed by atoms with Crippen molar-refractivity contribution in [2.24, 2.45) is 11.8 Å². The van der Waals surface area contributed by atoms with Gasteiger partial charge in [-0.1, -0.05) is 30.4 Å². The van der Waals surface area contributed by atoms with Crippen LogP contribution >= 0.6 is 11.8 Å². The quantitative estimate of drug-likeness (QED) is 0.349. The molecular weight excluding hydrogens is 284 g/mol. The van der Waals surface area contributed by atoms with E-state index in [0.717, 1.165) is 18.6 Å². The predicted molar refractivity (Wildman–Crippen MR) is 84.2 cm³/mol. The summed E-state index contributed by atoms with van der Waals surface area (Å²) in [6.07, 6.45) is 6.23. The van der Waals surface area contributed by atoms with Crippen molar-refractivity contribution in [2.45, 2.75) is 24.2 Å². The van der Waals surface area contributed by atoms with Crippen molar-refractivity contribution in [2.75, 3.05) is 12.9 Å². The molecule has 0 saturated heterocycles. The van der Waals surface area contributed by atoms with Gasteiger partial charge in [-0.2, -0.15) is 0 Å². The van der Waals surface area contributed by atoms with E-state index < -0.39 is 5.92 Å². The van der Waals surface area contributed by atoms with E-state index in [1.54, 1.807) is 11.8 Å². The number of hydrogen-bond donors (Lipinski definition) is 0. The van der Waals surface area contributed by atoms with Crippen LogP contribution in [0.4, 0.5) is 0 Å². The summed E-state index contributed by atoms with van der Waals surface area (Å²) in [5.41, 5.74) is 0. The van der Waals surface area contributed by atoms with Crippen LogP contribution in [0.3, 0.4) is 0 Å². The molecule has 21 heavy (non-hydrogen) atoms. The third-order valence-corrected chi connectivity index (χ3v) is 4.69. The van der Waals surface area contributed by atoms with E-state index in [1.165, 1.54) is 12.0 Å². The third-order valence-electron chi connectivity index (χ3n) is 3.73. The molecule has 0 bridgehead atoms. The number of rotatable bonds is 6. The first-order valence-corrected chi connectivity index (χ1v) is 8.14. The van der Waals surface area contributed by atoms with Gasteiger partial charge in [-0.25, -0.2) is 0 Å². The lowest BCUT2D eigenvalue weighted by atomic mass is 9.92. The number of allylic oxidation sites excluding steroid dienone is 1. The second kappa shape index (κ2) is 8.03. The van der Waals surface area contributed by atoms with Gasteiger partial charge in [0.1, 0.15) is 11.7 Å². The smallest absolute Gasteiger partial charge is 0.316 e. The van der Waals surface area contributed by atoms with E-state index in [4.69, 9.17) is 4.74 Å². The number of carbonyl (C=O) groups is 2. The normalized spacial score (nSPS) is 21.9. The topological polar surface area (TPSA) is 43.4 Å². The maximum atomic E-state index is 11.7. The van der Waals surface area contributed by atoms with Crippen LogP contribution in [0.5, 0.6) is 0 Å². The molecule has 1 saturated carbocycles. The summed E-state index contributed by atoms with van der Waals surface area (Å²) >= 11 is 1.77.